The zero-order valence-corrected chi connectivity index (χ0v) is 21.5. The van der Waals surface area contributed by atoms with Gasteiger partial charge in [0.1, 0.15) is 5.75 Å². The van der Waals surface area contributed by atoms with Crippen molar-refractivity contribution in [3.63, 3.8) is 0 Å². The van der Waals surface area contributed by atoms with Crippen LogP contribution in [0.15, 0.2) is 53.4 Å². The number of carbonyl (C=O) groups is 2. The molecule has 0 aliphatic carbocycles. The molecule has 0 bridgehead atoms. The molecule has 194 valence electrons. The van der Waals surface area contributed by atoms with E-state index >= 15 is 0 Å². The van der Waals surface area contributed by atoms with Gasteiger partial charge in [-0.15, -0.1) is 0 Å². The molecule has 2 amide bonds. The Hall–Kier alpha value is -2.95. The molecule has 0 aromatic heterocycles. The summed E-state index contributed by atoms with van der Waals surface area (Å²) in [6.45, 7) is 4.00. The van der Waals surface area contributed by atoms with Crippen LogP contribution in [-0.2, 0) is 14.8 Å². The summed E-state index contributed by atoms with van der Waals surface area (Å²) in [6, 6.07) is 13.0. The number of sulfonamides is 1. The van der Waals surface area contributed by atoms with Crippen molar-refractivity contribution in [1.82, 2.24) is 14.1 Å². The molecule has 2 saturated heterocycles. The molecule has 36 heavy (non-hydrogen) atoms. The fourth-order valence-electron chi connectivity index (χ4n) is 4.37. The summed E-state index contributed by atoms with van der Waals surface area (Å²) in [5.74, 6) is 0.0492. The number of ether oxygens (including phenoxy) is 1. The number of nitrogens with zero attached hydrogens (tertiary/aromatic N) is 3. The zero-order chi connectivity index (χ0) is 25.5. The summed E-state index contributed by atoms with van der Waals surface area (Å²) in [5, 5.41) is 2.75. The first-order chi connectivity index (χ1) is 17.3. The molecule has 2 aliphatic heterocycles. The highest BCUT2D eigenvalue weighted by Crippen LogP contribution is 2.22. The number of amides is 2. The number of piperazine rings is 1. The molecule has 2 aromatic rings. The predicted octanol–water partition coefficient (Wildman–Crippen LogP) is 2.66. The summed E-state index contributed by atoms with van der Waals surface area (Å²) in [7, 11) is -1.48. The van der Waals surface area contributed by atoms with Crippen LogP contribution < -0.4 is 10.1 Å². The van der Waals surface area contributed by atoms with Gasteiger partial charge in [0.05, 0.1) is 4.90 Å². The number of anilines is 1. The maximum Gasteiger partial charge on any atom is 0.262 e. The maximum atomic E-state index is 12.9. The van der Waals surface area contributed by atoms with Crippen LogP contribution in [0, 0.1) is 0 Å². The van der Waals surface area contributed by atoms with Crippen LogP contribution in [-0.4, -0.2) is 87.3 Å². The first-order valence-electron chi connectivity index (χ1n) is 12.4. The van der Waals surface area contributed by atoms with Gasteiger partial charge >= 0.3 is 0 Å². The number of nitrogens with one attached hydrogen (secondary N) is 1. The second kappa shape index (κ2) is 11.9. The summed E-state index contributed by atoms with van der Waals surface area (Å²) in [4.78, 5) is 29.2. The van der Waals surface area contributed by atoms with Crippen LogP contribution in [0.5, 0.6) is 5.75 Å². The van der Waals surface area contributed by atoms with Gasteiger partial charge in [0, 0.05) is 50.5 Å². The standard InChI is InChI=1S/C26H34N4O5S/c1-28-16-18-29(19-17-28)26(32)21-6-8-22(9-7-21)27-25(31)20-35-23-10-12-24(13-11-23)36(33,34)30-14-4-2-3-5-15-30/h6-13H,2-5,14-20H2,1H3,(H,27,31). The molecule has 4 rings (SSSR count). The molecule has 0 atom stereocenters. The molecule has 0 saturated carbocycles. The molecular weight excluding hydrogens is 480 g/mol. The third kappa shape index (κ3) is 6.63. The fraction of sp³-hybridized carbons (Fsp3) is 0.462. The van der Waals surface area contributed by atoms with E-state index in [0.29, 0.717) is 43.2 Å². The van der Waals surface area contributed by atoms with Crippen molar-refractivity contribution >= 4 is 27.5 Å². The third-order valence-corrected chi connectivity index (χ3v) is 8.52. The minimum absolute atomic E-state index is 0.00869. The van der Waals surface area contributed by atoms with Crippen LogP contribution in [0.25, 0.3) is 0 Å². The van der Waals surface area contributed by atoms with Crippen LogP contribution in [0.1, 0.15) is 36.0 Å². The third-order valence-electron chi connectivity index (χ3n) is 6.60. The second-order valence-corrected chi connectivity index (χ2v) is 11.2. The van der Waals surface area contributed by atoms with Crippen molar-refractivity contribution in [2.24, 2.45) is 0 Å². The number of hydrogen-bond donors (Lipinski definition) is 1. The Balaban J connectivity index is 1.26. The van der Waals surface area contributed by atoms with Crippen LogP contribution >= 0.6 is 0 Å². The Bertz CT molecular complexity index is 1140. The van der Waals surface area contributed by atoms with E-state index in [1.54, 1.807) is 40.7 Å². The Morgan fingerprint density at radius 1 is 0.833 bits per heavy atom. The number of hydrogen-bond acceptors (Lipinski definition) is 6. The molecular formula is C26H34N4O5S. The van der Waals surface area contributed by atoms with Crippen molar-refractivity contribution in [3.8, 4) is 5.75 Å². The van der Waals surface area contributed by atoms with E-state index in [2.05, 4.69) is 10.2 Å². The molecule has 0 radical (unpaired) electrons. The highest BCUT2D eigenvalue weighted by Gasteiger charge is 2.25. The van der Waals surface area contributed by atoms with Gasteiger partial charge in [-0.3, -0.25) is 9.59 Å². The smallest absolute Gasteiger partial charge is 0.262 e. The SMILES string of the molecule is CN1CCN(C(=O)c2ccc(NC(=O)COc3ccc(S(=O)(=O)N4CCCCCC4)cc3)cc2)CC1. The summed E-state index contributed by atoms with van der Waals surface area (Å²) < 4.78 is 32.9. The topological polar surface area (TPSA) is 99.3 Å². The van der Waals surface area contributed by atoms with E-state index in [1.807, 2.05) is 11.9 Å². The maximum absolute atomic E-state index is 12.9. The van der Waals surface area contributed by atoms with Gasteiger partial charge in [-0.1, -0.05) is 12.8 Å². The van der Waals surface area contributed by atoms with E-state index in [1.165, 1.54) is 12.1 Å². The molecule has 2 heterocycles. The lowest BCUT2D eigenvalue weighted by Gasteiger charge is -2.32. The van der Waals surface area contributed by atoms with Gasteiger partial charge in [0.25, 0.3) is 11.8 Å². The highest BCUT2D eigenvalue weighted by molar-refractivity contribution is 7.89. The summed E-state index contributed by atoms with van der Waals surface area (Å²) in [6.07, 6.45) is 3.87. The van der Waals surface area contributed by atoms with Gasteiger partial charge in [-0.25, -0.2) is 8.42 Å². The van der Waals surface area contributed by atoms with E-state index in [9.17, 15) is 18.0 Å². The molecule has 1 N–H and O–H groups in total. The number of likely N-dealkylation sites (N-methyl/N-ethyl adjacent to an activating group) is 1. The van der Waals surface area contributed by atoms with Gasteiger partial charge in [0.15, 0.2) is 6.61 Å². The normalized spacial score (nSPS) is 17.9. The van der Waals surface area contributed by atoms with Crippen molar-refractivity contribution in [3.05, 3.63) is 54.1 Å². The van der Waals surface area contributed by atoms with Gasteiger partial charge in [0.2, 0.25) is 10.0 Å². The highest BCUT2D eigenvalue weighted by atomic mass is 32.2. The van der Waals surface area contributed by atoms with Crippen molar-refractivity contribution < 1.29 is 22.7 Å². The largest absolute Gasteiger partial charge is 0.484 e. The lowest BCUT2D eigenvalue weighted by molar-refractivity contribution is -0.118. The first kappa shape index (κ1) is 26.1. The van der Waals surface area contributed by atoms with Crippen molar-refractivity contribution in [1.29, 1.82) is 0 Å². The molecule has 10 heteroatoms. The van der Waals surface area contributed by atoms with Gasteiger partial charge in [-0.05, 0) is 68.4 Å². The predicted molar refractivity (Wildman–Crippen MR) is 138 cm³/mol. The Morgan fingerprint density at radius 3 is 2.06 bits per heavy atom. The van der Waals surface area contributed by atoms with E-state index < -0.39 is 10.0 Å². The molecule has 9 nitrogen and oxygen atoms in total. The molecule has 0 unspecified atom stereocenters. The average molecular weight is 515 g/mol. The summed E-state index contributed by atoms with van der Waals surface area (Å²) in [5.41, 5.74) is 1.15. The second-order valence-electron chi connectivity index (χ2n) is 9.30. The van der Waals surface area contributed by atoms with Gasteiger partial charge < -0.3 is 19.9 Å². The Labute approximate surface area is 213 Å². The Kier molecular flexibility index (Phi) is 8.60. The average Bonchev–Trinajstić information content (AvgIpc) is 3.19. The molecule has 0 spiro atoms. The lowest BCUT2D eigenvalue weighted by atomic mass is 10.1. The summed E-state index contributed by atoms with van der Waals surface area (Å²) >= 11 is 0. The molecule has 2 fully saturated rings. The minimum Gasteiger partial charge on any atom is -0.484 e. The fourth-order valence-corrected chi connectivity index (χ4v) is 5.89. The number of carbonyl (C=O) groups excluding carboxylic acids is 2. The van der Waals surface area contributed by atoms with Crippen molar-refractivity contribution in [2.75, 3.05) is 58.2 Å². The lowest BCUT2D eigenvalue weighted by Crippen LogP contribution is -2.47. The minimum atomic E-state index is -3.52. The molecule has 2 aliphatic rings. The van der Waals surface area contributed by atoms with Crippen LogP contribution in [0.3, 0.4) is 0 Å². The Morgan fingerprint density at radius 2 is 1.44 bits per heavy atom. The van der Waals surface area contributed by atoms with Crippen molar-refractivity contribution in [2.45, 2.75) is 30.6 Å². The zero-order valence-electron chi connectivity index (χ0n) is 20.7. The number of rotatable bonds is 7. The monoisotopic (exact) mass is 514 g/mol. The molecule has 2 aromatic carbocycles. The first-order valence-corrected chi connectivity index (χ1v) is 13.9. The van der Waals surface area contributed by atoms with Gasteiger partial charge in [-0.2, -0.15) is 4.31 Å². The van der Waals surface area contributed by atoms with Crippen LogP contribution in [0.4, 0.5) is 5.69 Å². The van der Waals surface area contributed by atoms with E-state index in [4.69, 9.17) is 4.74 Å². The van der Waals surface area contributed by atoms with Crippen LogP contribution in [0.2, 0.25) is 0 Å². The van der Waals surface area contributed by atoms with E-state index in [0.717, 1.165) is 38.8 Å². The number of benzene rings is 2. The van der Waals surface area contributed by atoms with E-state index in [-0.39, 0.29) is 23.3 Å². The quantitative estimate of drug-likeness (QED) is 0.610.